The van der Waals surface area contributed by atoms with Gasteiger partial charge in [0.1, 0.15) is 6.04 Å². The zero-order chi connectivity index (χ0) is 11.4. The van der Waals surface area contributed by atoms with Crippen molar-refractivity contribution in [3.8, 4) is 0 Å². The lowest BCUT2D eigenvalue weighted by Crippen LogP contribution is -2.42. The van der Waals surface area contributed by atoms with Crippen molar-refractivity contribution in [3.63, 3.8) is 0 Å². The van der Waals surface area contributed by atoms with Crippen LogP contribution in [0, 0.1) is 5.92 Å². The minimum Gasteiger partial charge on any atom is -0.480 e. The Hall–Kier alpha value is -0.650. The van der Waals surface area contributed by atoms with Crippen LogP contribution in [0.4, 0.5) is 0 Å². The summed E-state index contributed by atoms with van der Waals surface area (Å²) in [5.74, 6) is -0.546. The van der Waals surface area contributed by atoms with Crippen molar-refractivity contribution in [2.24, 2.45) is 5.92 Å². The minimum atomic E-state index is -0.872. The van der Waals surface area contributed by atoms with Gasteiger partial charge in [0.25, 0.3) is 0 Å². The normalized spacial score (nSPS) is 13.5. The summed E-state index contributed by atoms with van der Waals surface area (Å²) in [5.41, 5.74) is 2.22. The first-order valence-corrected chi connectivity index (χ1v) is 4.88. The first-order chi connectivity index (χ1) is 6.22. The van der Waals surface area contributed by atoms with Crippen molar-refractivity contribution in [1.82, 2.24) is 5.48 Å². The van der Waals surface area contributed by atoms with Crippen LogP contribution in [0.3, 0.4) is 0 Å². The summed E-state index contributed by atoms with van der Waals surface area (Å²) in [5, 5.41) is 8.88. The Morgan fingerprint density at radius 1 is 1.40 bits per heavy atom. The standard InChI is InChI=1S/C10H21NO3.H2O/c1-7(2)6-8(9(12)13)11-14-10(3,4)5;/h7-8,11H,6H2,1-5H3,(H,12,13);1H2/t8-;/m0./s1. The summed E-state index contributed by atoms with van der Waals surface area (Å²) in [6, 6.07) is -0.630. The van der Waals surface area contributed by atoms with E-state index in [2.05, 4.69) is 5.48 Å². The molecule has 0 saturated heterocycles. The number of carboxylic acids is 1. The molecule has 5 nitrogen and oxygen atoms in total. The van der Waals surface area contributed by atoms with E-state index in [0.717, 1.165) is 0 Å². The first kappa shape index (κ1) is 16.8. The number of carboxylic acid groups (broad SMARTS) is 1. The van der Waals surface area contributed by atoms with E-state index in [9.17, 15) is 4.79 Å². The molecule has 0 aliphatic heterocycles. The monoisotopic (exact) mass is 221 g/mol. The topological polar surface area (TPSA) is 90.1 Å². The lowest BCUT2D eigenvalue weighted by atomic mass is 10.0. The van der Waals surface area contributed by atoms with E-state index in [4.69, 9.17) is 9.94 Å². The van der Waals surface area contributed by atoms with Crippen molar-refractivity contribution in [1.29, 1.82) is 0 Å². The van der Waals surface area contributed by atoms with Gasteiger partial charge in [0.05, 0.1) is 5.60 Å². The van der Waals surface area contributed by atoms with Gasteiger partial charge in [-0.1, -0.05) is 13.8 Å². The predicted molar refractivity (Wildman–Crippen MR) is 58.5 cm³/mol. The molecule has 0 aromatic carbocycles. The van der Waals surface area contributed by atoms with Gasteiger partial charge in [-0.05, 0) is 33.1 Å². The average molecular weight is 221 g/mol. The van der Waals surface area contributed by atoms with Crippen LogP contribution in [-0.2, 0) is 9.63 Å². The minimum absolute atomic E-state index is 0. The Morgan fingerprint density at radius 3 is 2.13 bits per heavy atom. The van der Waals surface area contributed by atoms with E-state index >= 15 is 0 Å². The molecule has 15 heavy (non-hydrogen) atoms. The summed E-state index contributed by atoms with van der Waals surface area (Å²) in [6.45, 7) is 9.57. The number of aliphatic carboxylic acids is 1. The second-order valence-electron chi connectivity index (χ2n) is 4.85. The molecule has 0 saturated carbocycles. The van der Waals surface area contributed by atoms with Gasteiger partial charge in [0, 0.05) is 0 Å². The number of rotatable bonds is 5. The van der Waals surface area contributed by atoms with Crippen molar-refractivity contribution < 1.29 is 20.2 Å². The van der Waals surface area contributed by atoms with Crippen LogP contribution in [0.2, 0.25) is 0 Å². The quantitative estimate of drug-likeness (QED) is 0.677. The van der Waals surface area contributed by atoms with Crippen LogP contribution >= 0.6 is 0 Å². The Morgan fingerprint density at radius 2 is 1.87 bits per heavy atom. The van der Waals surface area contributed by atoms with E-state index in [1.165, 1.54) is 0 Å². The fourth-order valence-corrected chi connectivity index (χ4v) is 0.919. The highest BCUT2D eigenvalue weighted by Crippen LogP contribution is 2.09. The molecule has 5 heteroatoms. The van der Waals surface area contributed by atoms with Crippen LogP contribution in [0.25, 0.3) is 0 Å². The van der Waals surface area contributed by atoms with Crippen LogP contribution in [0.15, 0.2) is 0 Å². The van der Waals surface area contributed by atoms with Crippen LogP contribution in [0.1, 0.15) is 41.0 Å². The molecule has 0 heterocycles. The Balaban J connectivity index is 0. The van der Waals surface area contributed by atoms with Gasteiger partial charge in [0.15, 0.2) is 0 Å². The number of hydrogen-bond donors (Lipinski definition) is 2. The Kier molecular flexibility index (Phi) is 7.56. The van der Waals surface area contributed by atoms with Gasteiger partial charge < -0.3 is 10.6 Å². The van der Waals surface area contributed by atoms with Crippen LogP contribution in [-0.4, -0.2) is 28.2 Å². The maximum absolute atomic E-state index is 10.8. The molecular weight excluding hydrogens is 198 g/mol. The SMILES string of the molecule is CC(C)C[C@H](NOC(C)(C)C)C(=O)O.O. The highest BCUT2D eigenvalue weighted by molar-refractivity contribution is 5.73. The molecule has 0 fully saturated rings. The van der Waals surface area contributed by atoms with Gasteiger partial charge in [0.2, 0.25) is 0 Å². The molecule has 0 aliphatic rings. The van der Waals surface area contributed by atoms with Crippen LogP contribution in [0.5, 0.6) is 0 Å². The summed E-state index contributed by atoms with van der Waals surface area (Å²) in [7, 11) is 0. The average Bonchev–Trinajstić information content (AvgIpc) is 1.94. The lowest BCUT2D eigenvalue weighted by Gasteiger charge is -2.23. The lowest BCUT2D eigenvalue weighted by molar-refractivity contribution is -0.151. The van der Waals surface area contributed by atoms with Crippen molar-refractivity contribution >= 4 is 5.97 Å². The maximum atomic E-state index is 10.8. The number of nitrogens with one attached hydrogen (secondary N) is 1. The van der Waals surface area contributed by atoms with Crippen molar-refractivity contribution in [2.75, 3.05) is 0 Å². The Bertz CT molecular complexity index is 186. The molecule has 92 valence electrons. The summed E-state index contributed by atoms with van der Waals surface area (Å²) < 4.78 is 0. The molecule has 0 aromatic rings. The first-order valence-electron chi connectivity index (χ1n) is 4.88. The highest BCUT2D eigenvalue weighted by atomic mass is 16.7. The molecule has 0 radical (unpaired) electrons. The predicted octanol–water partition coefficient (Wildman–Crippen LogP) is 0.981. The summed E-state index contributed by atoms with van der Waals surface area (Å²) in [6.07, 6.45) is 0.561. The third-order valence-corrected chi connectivity index (χ3v) is 1.51. The van der Waals surface area contributed by atoms with E-state index < -0.39 is 12.0 Å². The van der Waals surface area contributed by atoms with Gasteiger partial charge in [-0.2, -0.15) is 5.48 Å². The van der Waals surface area contributed by atoms with Gasteiger partial charge >= 0.3 is 5.97 Å². The molecule has 0 spiro atoms. The number of hydroxylamine groups is 1. The molecule has 0 unspecified atom stereocenters. The molecule has 0 aromatic heterocycles. The maximum Gasteiger partial charge on any atom is 0.323 e. The fraction of sp³-hybridized carbons (Fsp3) is 0.900. The van der Waals surface area contributed by atoms with Gasteiger partial charge in [-0.3, -0.25) is 9.63 Å². The molecular formula is C10H23NO4. The second-order valence-corrected chi connectivity index (χ2v) is 4.85. The van der Waals surface area contributed by atoms with Crippen molar-refractivity contribution in [3.05, 3.63) is 0 Å². The Labute approximate surface area is 91.1 Å². The molecule has 1 atom stereocenters. The summed E-state index contributed by atoms with van der Waals surface area (Å²) >= 11 is 0. The molecule has 0 bridgehead atoms. The number of hydrogen-bond acceptors (Lipinski definition) is 3. The van der Waals surface area contributed by atoms with E-state index in [1.807, 2.05) is 34.6 Å². The second kappa shape index (κ2) is 6.76. The van der Waals surface area contributed by atoms with E-state index in [1.54, 1.807) is 0 Å². The highest BCUT2D eigenvalue weighted by Gasteiger charge is 2.21. The van der Waals surface area contributed by atoms with Gasteiger partial charge in [-0.25, -0.2) is 0 Å². The molecule has 0 rings (SSSR count). The largest absolute Gasteiger partial charge is 0.480 e. The third-order valence-electron chi connectivity index (χ3n) is 1.51. The third kappa shape index (κ3) is 9.65. The zero-order valence-electron chi connectivity index (χ0n) is 10.1. The number of carbonyl (C=O) groups is 1. The molecule has 0 aliphatic carbocycles. The summed E-state index contributed by atoms with van der Waals surface area (Å²) in [4.78, 5) is 16.0. The zero-order valence-corrected chi connectivity index (χ0v) is 10.1. The van der Waals surface area contributed by atoms with Gasteiger partial charge in [-0.15, -0.1) is 0 Å². The smallest absolute Gasteiger partial charge is 0.323 e. The fourth-order valence-electron chi connectivity index (χ4n) is 0.919. The van der Waals surface area contributed by atoms with E-state index in [0.29, 0.717) is 12.3 Å². The molecule has 0 amide bonds. The van der Waals surface area contributed by atoms with Crippen LogP contribution < -0.4 is 5.48 Å². The molecule has 4 N–H and O–H groups in total. The van der Waals surface area contributed by atoms with Crippen molar-refractivity contribution in [2.45, 2.75) is 52.7 Å². The van der Waals surface area contributed by atoms with E-state index in [-0.39, 0.29) is 11.1 Å².